The number of benzene rings is 2. The van der Waals surface area contributed by atoms with Gasteiger partial charge in [-0.15, -0.1) is 0 Å². The summed E-state index contributed by atoms with van der Waals surface area (Å²) >= 11 is 0. The maximum absolute atomic E-state index is 13.3. The molecule has 0 bridgehead atoms. The maximum atomic E-state index is 13.3. The van der Waals surface area contributed by atoms with Crippen molar-refractivity contribution >= 4 is 11.5 Å². The number of aromatic nitrogens is 2. The Morgan fingerprint density at radius 1 is 1.06 bits per heavy atom. The summed E-state index contributed by atoms with van der Waals surface area (Å²) in [6.45, 7) is 2.73. The molecule has 3 heterocycles. The van der Waals surface area contributed by atoms with Gasteiger partial charge in [-0.25, -0.2) is 9.78 Å². The lowest BCUT2D eigenvalue weighted by atomic mass is 10.1. The molecule has 4 aromatic rings. The molecule has 6 heteroatoms. The summed E-state index contributed by atoms with van der Waals surface area (Å²) in [6.07, 6.45) is 3.85. The van der Waals surface area contributed by atoms with Crippen molar-refractivity contribution in [2.24, 2.45) is 0 Å². The molecular formula is C27H28N4O2. The van der Waals surface area contributed by atoms with Crippen molar-refractivity contribution in [2.75, 3.05) is 13.7 Å². The Bertz CT molecular complexity index is 1270. The van der Waals surface area contributed by atoms with E-state index in [0.29, 0.717) is 6.54 Å². The predicted molar refractivity (Wildman–Crippen MR) is 129 cm³/mol. The quantitative estimate of drug-likeness (QED) is 0.438. The van der Waals surface area contributed by atoms with Crippen LogP contribution in [0.4, 0.5) is 4.79 Å². The second-order valence-electron chi connectivity index (χ2n) is 8.41. The van der Waals surface area contributed by atoms with E-state index in [2.05, 4.69) is 15.8 Å². The number of methoxy groups -OCH3 is 1. The Morgan fingerprint density at radius 3 is 2.64 bits per heavy atom. The first kappa shape index (κ1) is 21.1. The molecule has 0 aliphatic carbocycles. The van der Waals surface area contributed by atoms with Crippen LogP contribution >= 0.6 is 0 Å². The topological polar surface area (TPSA) is 58.9 Å². The molecule has 2 unspecified atom stereocenters. The van der Waals surface area contributed by atoms with Crippen molar-refractivity contribution < 1.29 is 9.53 Å². The van der Waals surface area contributed by atoms with E-state index in [-0.39, 0.29) is 18.1 Å². The van der Waals surface area contributed by atoms with Gasteiger partial charge in [-0.1, -0.05) is 48.5 Å². The third kappa shape index (κ3) is 3.93. The monoisotopic (exact) mass is 440 g/mol. The van der Waals surface area contributed by atoms with Gasteiger partial charge in [0.2, 0.25) is 0 Å². The second kappa shape index (κ2) is 8.98. The van der Waals surface area contributed by atoms with E-state index in [1.807, 2.05) is 84.8 Å². The number of urea groups is 1. The van der Waals surface area contributed by atoms with Crippen LogP contribution in [0.1, 0.15) is 43.2 Å². The fourth-order valence-corrected chi connectivity index (χ4v) is 4.71. The number of ether oxygens (including phenoxy) is 1. The molecule has 2 amide bonds. The zero-order valence-electron chi connectivity index (χ0n) is 18.9. The number of likely N-dealkylation sites (tertiary alicyclic amines) is 1. The zero-order valence-corrected chi connectivity index (χ0v) is 18.9. The first-order valence-electron chi connectivity index (χ1n) is 11.4. The van der Waals surface area contributed by atoms with Crippen LogP contribution in [0.15, 0.2) is 79.0 Å². The standard InChI is InChI=1S/C27H28N4O2/c1-19(20-11-4-3-5-12-20)28-27(32)31-18-10-15-23(31)26-29-25(22-14-8-9-17-30(22)26)21-13-6-7-16-24(21)33-2/h3-9,11-14,16-17,19,23H,10,15,18H2,1-2H3,(H,28,32). The number of carbonyl (C=O) groups is 1. The van der Waals surface area contributed by atoms with Crippen molar-refractivity contribution in [2.45, 2.75) is 31.8 Å². The normalized spacial score (nSPS) is 16.7. The number of carbonyl (C=O) groups excluding carboxylic acids is 1. The van der Waals surface area contributed by atoms with E-state index in [1.165, 1.54) is 0 Å². The highest BCUT2D eigenvalue weighted by Crippen LogP contribution is 2.37. The Hall–Kier alpha value is -3.80. The molecule has 6 nitrogen and oxygen atoms in total. The Balaban J connectivity index is 1.49. The van der Waals surface area contributed by atoms with Crippen LogP contribution < -0.4 is 10.1 Å². The summed E-state index contributed by atoms with van der Waals surface area (Å²) in [5.74, 6) is 1.66. The molecule has 2 atom stereocenters. The van der Waals surface area contributed by atoms with E-state index in [0.717, 1.165) is 46.8 Å². The SMILES string of the molecule is COc1ccccc1-c1nc(C2CCCN2C(=O)NC(C)c2ccccc2)n2ccccc12. The summed E-state index contributed by atoms with van der Waals surface area (Å²) in [5, 5.41) is 3.17. The van der Waals surface area contributed by atoms with Crippen molar-refractivity contribution in [1.82, 2.24) is 19.6 Å². The average molecular weight is 441 g/mol. The van der Waals surface area contributed by atoms with Gasteiger partial charge in [-0.05, 0) is 49.6 Å². The van der Waals surface area contributed by atoms with Crippen molar-refractivity contribution in [3.63, 3.8) is 0 Å². The molecule has 0 saturated carbocycles. The van der Waals surface area contributed by atoms with E-state index in [4.69, 9.17) is 9.72 Å². The van der Waals surface area contributed by atoms with E-state index < -0.39 is 0 Å². The Kier molecular flexibility index (Phi) is 5.73. The molecule has 168 valence electrons. The Morgan fingerprint density at radius 2 is 1.82 bits per heavy atom. The average Bonchev–Trinajstić information content (AvgIpc) is 3.49. The van der Waals surface area contributed by atoms with Crippen LogP contribution in [-0.4, -0.2) is 34.0 Å². The molecule has 33 heavy (non-hydrogen) atoms. The fourth-order valence-electron chi connectivity index (χ4n) is 4.71. The Labute approximate surface area is 193 Å². The van der Waals surface area contributed by atoms with Gasteiger partial charge >= 0.3 is 6.03 Å². The van der Waals surface area contributed by atoms with Gasteiger partial charge in [-0.2, -0.15) is 0 Å². The highest BCUT2D eigenvalue weighted by atomic mass is 16.5. The molecule has 5 rings (SSSR count). The maximum Gasteiger partial charge on any atom is 0.318 e. The van der Waals surface area contributed by atoms with E-state index >= 15 is 0 Å². The minimum atomic E-state index is -0.0914. The summed E-state index contributed by atoms with van der Waals surface area (Å²) in [4.78, 5) is 20.3. The lowest BCUT2D eigenvalue weighted by Crippen LogP contribution is -2.41. The number of hydrogen-bond acceptors (Lipinski definition) is 3. The van der Waals surface area contributed by atoms with Gasteiger partial charge in [0.15, 0.2) is 0 Å². The molecule has 1 aliphatic rings. The molecule has 1 saturated heterocycles. The molecule has 2 aromatic carbocycles. The summed E-state index contributed by atoms with van der Waals surface area (Å²) in [5.41, 5.74) is 3.91. The third-order valence-corrected chi connectivity index (χ3v) is 6.39. The predicted octanol–water partition coefficient (Wildman–Crippen LogP) is 5.62. The number of hydrogen-bond donors (Lipinski definition) is 1. The highest BCUT2D eigenvalue weighted by Gasteiger charge is 2.34. The fraction of sp³-hybridized carbons (Fsp3) is 0.259. The lowest BCUT2D eigenvalue weighted by molar-refractivity contribution is 0.187. The summed E-state index contributed by atoms with van der Waals surface area (Å²) in [6, 6.07) is 23.8. The molecule has 0 spiro atoms. The van der Waals surface area contributed by atoms with Crippen LogP contribution in [0, 0.1) is 0 Å². The van der Waals surface area contributed by atoms with Crippen LogP contribution in [0.25, 0.3) is 16.8 Å². The molecule has 1 fully saturated rings. The number of amides is 2. The number of fused-ring (bicyclic) bond motifs is 1. The molecular weight excluding hydrogens is 412 g/mol. The number of nitrogens with one attached hydrogen (secondary N) is 1. The van der Waals surface area contributed by atoms with Crippen LogP contribution in [0.2, 0.25) is 0 Å². The first-order chi connectivity index (χ1) is 16.2. The van der Waals surface area contributed by atoms with Crippen LogP contribution in [0.5, 0.6) is 5.75 Å². The van der Waals surface area contributed by atoms with E-state index in [9.17, 15) is 4.79 Å². The van der Waals surface area contributed by atoms with Gasteiger partial charge in [0.05, 0.1) is 24.7 Å². The third-order valence-electron chi connectivity index (χ3n) is 6.39. The van der Waals surface area contributed by atoms with Crippen molar-refractivity contribution in [1.29, 1.82) is 0 Å². The van der Waals surface area contributed by atoms with Gasteiger partial charge in [0.25, 0.3) is 0 Å². The minimum absolute atomic E-state index is 0.0552. The summed E-state index contributed by atoms with van der Waals surface area (Å²) in [7, 11) is 1.68. The smallest absolute Gasteiger partial charge is 0.318 e. The first-order valence-corrected chi connectivity index (χ1v) is 11.4. The van der Waals surface area contributed by atoms with Gasteiger partial charge in [0.1, 0.15) is 17.3 Å². The van der Waals surface area contributed by atoms with Gasteiger partial charge < -0.3 is 19.4 Å². The van der Waals surface area contributed by atoms with Gasteiger partial charge in [0, 0.05) is 18.3 Å². The van der Waals surface area contributed by atoms with Crippen LogP contribution in [-0.2, 0) is 0 Å². The number of nitrogens with zero attached hydrogens (tertiary/aromatic N) is 3. The van der Waals surface area contributed by atoms with E-state index in [1.54, 1.807) is 7.11 Å². The minimum Gasteiger partial charge on any atom is -0.496 e. The van der Waals surface area contributed by atoms with Crippen molar-refractivity contribution in [3.8, 4) is 17.0 Å². The number of pyridine rings is 1. The number of imidazole rings is 1. The van der Waals surface area contributed by atoms with Crippen molar-refractivity contribution in [3.05, 3.63) is 90.4 Å². The number of rotatable bonds is 5. The largest absolute Gasteiger partial charge is 0.496 e. The molecule has 2 aromatic heterocycles. The zero-order chi connectivity index (χ0) is 22.8. The second-order valence-corrected chi connectivity index (χ2v) is 8.41. The van der Waals surface area contributed by atoms with Gasteiger partial charge in [-0.3, -0.25) is 0 Å². The number of para-hydroxylation sites is 1. The molecule has 0 radical (unpaired) electrons. The summed E-state index contributed by atoms with van der Waals surface area (Å²) < 4.78 is 7.71. The molecule has 1 aliphatic heterocycles. The molecule has 1 N–H and O–H groups in total. The van der Waals surface area contributed by atoms with Crippen LogP contribution in [0.3, 0.4) is 0 Å². The highest BCUT2D eigenvalue weighted by molar-refractivity contribution is 5.82. The lowest BCUT2D eigenvalue weighted by Gasteiger charge is -2.26.